The molecule has 0 bridgehead atoms. The Balaban J connectivity index is 1.53. The number of methoxy groups -OCH3 is 1. The Morgan fingerprint density at radius 1 is 1.00 bits per heavy atom. The molecule has 0 radical (unpaired) electrons. The molecule has 0 unspecified atom stereocenters. The third-order valence-corrected chi connectivity index (χ3v) is 6.22. The van der Waals surface area contributed by atoms with Gasteiger partial charge in [-0.15, -0.1) is 0 Å². The molecule has 0 N–H and O–H groups in total. The zero-order valence-electron chi connectivity index (χ0n) is 18.7. The lowest BCUT2D eigenvalue weighted by Gasteiger charge is -2.26. The fourth-order valence-electron chi connectivity index (χ4n) is 4.40. The summed E-state index contributed by atoms with van der Waals surface area (Å²) in [5, 5.41) is 10.6. The van der Waals surface area contributed by atoms with E-state index < -0.39 is 0 Å². The minimum atomic E-state index is 0.659. The normalized spacial score (nSPS) is 14.3. The SMILES string of the molecule is COc1cccc(-c2cncc(-c3cn(CCN4CCOCC4)c4ccc(C#N)cc34)c2)c1. The summed E-state index contributed by atoms with van der Waals surface area (Å²) in [4.78, 5) is 6.97. The van der Waals surface area contributed by atoms with Crippen molar-refractivity contribution in [1.82, 2.24) is 14.5 Å². The van der Waals surface area contributed by atoms with Gasteiger partial charge >= 0.3 is 0 Å². The molecular formula is C27H26N4O2. The summed E-state index contributed by atoms with van der Waals surface area (Å²) in [7, 11) is 1.67. The number of ether oxygens (including phenoxy) is 2. The maximum Gasteiger partial charge on any atom is 0.119 e. The Morgan fingerprint density at radius 2 is 1.85 bits per heavy atom. The maximum atomic E-state index is 9.48. The predicted molar refractivity (Wildman–Crippen MR) is 129 cm³/mol. The molecule has 4 aromatic rings. The van der Waals surface area contributed by atoms with Gasteiger partial charge in [-0.25, -0.2) is 0 Å². The van der Waals surface area contributed by atoms with E-state index in [4.69, 9.17) is 9.47 Å². The number of nitriles is 1. The molecule has 0 spiro atoms. The van der Waals surface area contributed by atoms with Gasteiger partial charge in [0.05, 0.1) is 32.0 Å². The van der Waals surface area contributed by atoms with Crippen LogP contribution in [0.1, 0.15) is 5.56 Å². The van der Waals surface area contributed by atoms with E-state index in [2.05, 4.69) is 44.9 Å². The molecule has 33 heavy (non-hydrogen) atoms. The van der Waals surface area contributed by atoms with E-state index in [1.807, 2.05) is 42.7 Å². The third kappa shape index (κ3) is 4.47. The fraction of sp³-hybridized carbons (Fsp3) is 0.259. The molecule has 1 aliphatic heterocycles. The van der Waals surface area contributed by atoms with Crippen LogP contribution < -0.4 is 4.74 Å². The Hall–Kier alpha value is -3.66. The highest BCUT2D eigenvalue weighted by Crippen LogP contribution is 2.34. The summed E-state index contributed by atoms with van der Waals surface area (Å²) in [5.74, 6) is 0.816. The highest BCUT2D eigenvalue weighted by atomic mass is 16.5. The number of fused-ring (bicyclic) bond motifs is 1. The topological polar surface area (TPSA) is 63.3 Å². The summed E-state index contributed by atoms with van der Waals surface area (Å²) in [6, 6.07) is 18.4. The molecule has 0 saturated carbocycles. The summed E-state index contributed by atoms with van der Waals surface area (Å²) in [6.07, 6.45) is 5.96. The molecule has 2 aromatic carbocycles. The number of rotatable bonds is 6. The quantitative estimate of drug-likeness (QED) is 0.441. The smallest absolute Gasteiger partial charge is 0.119 e. The van der Waals surface area contributed by atoms with E-state index in [9.17, 15) is 5.26 Å². The van der Waals surface area contributed by atoms with Gasteiger partial charge in [-0.05, 0) is 42.0 Å². The second-order valence-corrected chi connectivity index (χ2v) is 8.23. The molecule has 1 saturated heterocycles. The Kier molecular flexibility index (Phi) is 6.07. The van der Waals surface area contributed by atoms with Crippen LogP contribution in [0.2, 0.25) is 0 Å². The zero-order chi connectivity index (χ0) is 22.6. The first-order valence-electron chi connectivity index (χ1n) is 11.2. The number of benzene rings is 2. The predicted octanol–water partition coefficient (Wildman–Crippen LogP) is 4.58. The molecule has 3 heterocycles. The standard InChI is InChI=1S/C27H26N4O2/c1-32-24-4-2-3-21(15-24)22-14-23(18-29-17-22)26-19-31(8-7-30-9-11-33-12-10-30)27-6-5-20(16-28)13-25(26)27/h2-6,13-15,17-19H,7-12H2,1H3. The van der Waals surface area contributed by atoms with Gasteiger partial charge in [-0.1, -0.05) is 12.1 Å². The molecule has 1 fully saturated rings. The average molecular weight is 439 g/mol. The van der Waals surface area contributed by atoms with Crippen LogP contribution in [0.15, 0.2) is 67.1 Å². The summed E-state index contributed by atoms with van der Waals surface area (Å²) >= 11 is 0. The summed E-state index contributed by atoms with van der Waals surface area (Å²) in [6.45, 7) is 5.38. The lowest BCUT2D eigenvalue weighted by atomic mass is 10.0. The van der Waals surface area contributed by atoms with Crippen molar-refractivity contribution in [2.75, 3.05) is 40.0 Å². The number of pyridine rings is 1. The first-order chi connectivity index (χ1) is 16.2. The van der Waals surface area contributed by atoms with E-state index in [0.29, 0.717) is 5.56 Å². The minimum absolute atomic E-state index is 0.659. The average Bonchev–Trinajstić information content (AvgIpc) is 3.26. The Labute approximate surface area is 193 Å². The minimum Gasteiger partial charge on any atom is -0.497 e. The van der Waals surface area contributed by atoms with Crippen LogP contribution in [0.25, 0.3) is 33.2 Å². The van der Waals surface area contributed by atoms with Crippen molar-refractivity contribution < 1.29 is 9.47 Å². The maximum absolute atomic E-state index is 9.48. The number of nitrogens with zero attached hydrogens (tertiary/aromatic N) is 4. The molecule has 0 atom stereocenters. The third-order valence-electron chi connectivity index (χ3n) is 6.22. The van der Waals surface area contributed by atoms with Crippen LogP contribution in [-0.4, -0.2) is 54.4 Å². The Bertz CT molecular complexity index is 1320. The van der Waals surface area contributed by atoms with Crippen molar-refractivity contribution in [2.24, 2.45) is 0 Å². The van der Waals surface area contributed by atoms with Gasteiger partial charge in [0, 0.05) is 72.4 Å². The van der Waals surface area contributed by atoms with Crippen molar-refractivity contribution in [3.63, 3.8) is 0 Å². The van der Waals surface area contributed by atoms with E-state index in [0.717, 1.165) is 78.3 Å². The van der Waals surface area contributed by atoms with Crippen molar-refractivity contribution >= 4 is 10.9 Å². The van der Waals surface area contributed by atoms with Gasteiger partial charge in [0.15, 0.2) is 0 Å². The zero-order valence-corrected chi connectivity index (χ0v) is 18.7. The Morgan fingerprint density at radius 3 is 2.67 bits per heavy atom. The lowest BCUT2D eigenvalue weighted by molar-refractivity contribution is 0.0365. The molecular weight excluding hydrogens is 412 g/mol. The molecule has 0 aliphatic carbocycles. The van der Waals surface area contributed by atoms with Crippen LogP contribution in [0.3, 0.4) is 0 Å². The van der Waals surface area contributed by atoms with Gasteiger partial charge in [0.2, 0.25) is 0 Å². The molecule has 6 nitrogen and oxygen atoms in total. The van der Waals surface area contributed by atoms with Crippen molar-refractivity contribution in [3.8, 4) is 34.1 Å². The second-order valence-electron chi connectivity index (χ2n) is 8.23. The van der Waals surface area contributed by atoms with Gasteiger partial charge < -0.3 is 14.0 Å². The van der Waals surface area contributed by atoms with E-state index in [1.54, 1.807) is 7.11 Å². The molecule has 5 rings (SSSR count). The number of aromatic nitrogens is 2. The van der Waals surface area contributed by atoms with Crippen LogP contribution >= 0.6 is 0 Å². The molecule has 6 heteroatoms. The van der Waals surface area contributed by atoms with Crippen molar-refractivity contribution in [2.45, 2.75) is 6.54 Å². The first-order valence-corrected chi connectivity index (χ1v) is 11.2. The molecule has 166 valence electrons. The van der Waals surface area contributed by atoms with E-state index >= 15 is 0 Å². The van der Waals surface area contributed by atoms with Gasteiger partial charge in [-0.2, -0.15) is 5.26 Å². The largest absolute Gasteiger partial charge is 0.497 e. The first kappa shape index (κ1) is 21.2. The molecule has 0 amide bonds. The highest BCUT2D eigenvalue weighted by Gasteiger charge is 2.15. The van der Waals surface area contributed by atoms with E-state index in [-0.39, 0.29) is 0 Å². The summed E-state index contributed by atoms with van der Waals surface area (Å²) in [5.41, 5.74) is 5.98. The van der Waals surface area contributed by atoms with Crippen LogP contribution in [0, 0.1) is 11.3 Å². The van der Waals surface area contributed by atoms with Crippen molar-refractivity contribution in [3.05, 3.63) is 72.7 Å². The number of morpholine rings is 1. The molecule has 1 aliphatic rings. The number of hydrogen-bond acceptors (Lipinski definition) is 5. The number of hydrogen-bond donors (Lipinski definition) is 0. The second kappa shape index (κ2) is 9.45. The van der Waals surface area contributed by atoms with Crippen LogP contribution in [-0.2, 0) is 11.3 Å². The lowest BCUT2D eigenvalue weighted by Crippen LogP contribution is -2.38. The summed E-state index contributed by atoms with van der Waals surface area (Å²) < 4.78 is 13.2. The monoisotopic (exact) mass is 438 g/mol. The van der Waals surface area contributed by atoms with Gasteiger partial charge in [0.25, 0.3) is 0 Å². The van der Waals surface area contributed by atoms with Gasteiger partial charge in [0.1, 0.15) is 5.75 Å². The molecule has 2 aromatic heterocycles. The van der Waals surface area contributed by atoms with E-state index in [1.165, 1.54) is 0 Å². The van der Waals surface area contributed by atoms with Crippen molar-refractivity contribution in [1.29, 1.82) is 5.26 Å². The highest BCUT2D eigenvalue weighted by molar-refractivity contribution is 5.97. The fourth-order valence-corrected chi connectivity index (χ4v) is 4.40. The van der Waals surface area contributed by atoms with Crippen LogP contribution in [0.5, 0.6) is 5.75 Å². The van der Waals surface area contributed by atoms with Crippen LogP contribution in [0.4, 0.5) is 0 Å². The van der Waals surface area contributed by atoms with Gasteiger partial charge in [-0.3, -0.25) is 9.88 Å².